The number of rotatable bonds is 7. The van der Waals surface area contributed by atoms with Crippen LogP contribution in [0.1, 0.15) is 40.0 Å². The Balaban J connectivity index is 2.47. The average molecular weight is 292 g/mol. The third kappa shape index (κ3) is 6.29. The zero-order valence-electron chi connectivity index (χ0n) is 12.9. The van der Waals surface area contributed by atoms with Crippen LogP contribution in [0.2, 0.25) is 0 Å². The quantitative estimate of drug-likeness (QED) is 0.600. The monoisotopic (exact) mass is 292 g/mol. The second kappa shape index (κ2) is 9.00. The molecule has 5 nitrogen and oxygen atoms in total. The molecule has 0 aliphatic carbocycles. The predicted octanol–water partition coefficient (Wildman–Crippen LogP) is 2.72. The summed E-state index contributed by atoms with van der Waals surface area (Å²) < 4.78 is 5.53. The normalized spacial score (nSPS) is 11.6. The minimum absolute atomic E-state index is 0.0161. The van der Waals surface area contributed by atoms with Crippen LogP contribution in [0.15, 0.2) is 24.3 Å². The van der Waals surface area contributed by atoms with Crippen molar-refractivity contribution in [3.05, 3.63) is 24.3 Å². The van der Waals surface area contributed by atoms with Gasteiger partial charge in [0, 0.05) is 11.7 Å². The number of anilines is 1. The molecule has 0 fully saturated rings. The molecule has 0 saturated heterocycles. The highest BCUT2D eigenvalue weighted by Gasteiger charge is 2.15. The average Bonchev–Trinajstić information content (AvgIpc) is 2.49. The molecule has 0 spiro atoms. The van der Waals surface area contributed by atoms with E-state index < -0.39 is 11.8 Å². The molecule has 0 aromatic heterocycles. The first-order valence-corrected chi connectivity index (χ1v) is 7.41. The number of benzene rings is 1. The molecule has 0 heterocycles. The Bertz CT molecular complexity index is 457. The summed E-state index contributed by atoms with van der Waals surface area (Å²) in [4.78, 5) is 23.3. The molecule has 2 N–H and O–H groups in total. The van der Waals surface area contributed by atoms with Gasteiger partial charge in [-0.15, -0.1) is 0 Å². The first-order chi connectivity index (χ1) is 10.1. The van der Waals surface area contributed by atoms with Crippen molar-refractivity contribution in [3.8, 4) is 5.75 Å². The summed E-state index contributed by atoms with van der Waals surface area (Å²) in [5, 5.41) is 5.18. The van der Waals surface area contributed by atoms with Crippen LogP contribution in [0, 0.1) is 0 Å². The SMILES string of the molecule is CCCCOc1ccc(NC(=O)C(=O)N[C@@H](C)CC)cc1. The van der Waals surface area contributed by atoms with E-state index in [1.807, 2.05) is 13.8 Å². The van der Waals surface area contributed by atoms with Gasteiger partial charge in [0.05, 0.1) is 6.61 Å². The standard InChI is InChI=1S/C16H24N2O3/c1-4-6-11-21-14-9-7-13(8-10-14)18-16(20)15(19)17-12(3)5-2/h7-10,12H,4-6,11H2,1-3H3,(H,17,19)(H,18,20)/t12-/m0/s1. The first-order valence-electron chi connectivity index (χ1n) is 7.41. The lowest BCUT2D eigenvalue weighted by Crippen LogP contribution is -2.40. The Morgan fingerprint density at radius 3 is 2.38 bits per heavy atom. The van der Waals surface area contributed by atoms with Crippen molar-refractivity contribution in [2.45, 2.75) is 46.1 Å². The summed E-state index contributed by atoms with van der Waals surface area (Å²) in [6.07, 6.45) is 2.87. The maximum Gasteiger partial charge on any atom is 0.313 e. The van der Waals surface area contributed by atoms with Crippen molar-refractivity contribution in [1.82, 2.24) is 5.32 Å². The molecule has 0 unspecified atom stereocenters. The van der Waals surface area contributed by atoms with Gasteiger partial charge in [0.2, 0.25) is 0 Å². The fraction of sp³-hybridized carbons (Fsp3) is 0.500. The molecule has 21 heavy (non-hydrogen) atoms. The smallest absolute Gasteiger partial charge is 0.313 e. The first kappa shape index (κ1) is 17.0. The number of amides is 2. The molecule has 1 rings (SSSR count). The van der Waals surface area contributed by atoms with Crippen LogP contribution in [-0.4, -0.2) is 24.5 Å². The lowest BCUT2D eigenvalue weighted by molar-refractivity contribution is -0.136. The van der Waals surface area contributed by atoms with E-state index in [9.17, 15) is 9.59 Å². The number of hydrogen-bond donors (Lipinski definition) is 2. The van der Waals surface area contributed by atoms with Crippen molar-refractivity contribution in [3.63, 3.8) is 0 Å². The Labute approximate surface area is 126 Å². The molecule has 0 aliphatic heterocycles. The van der Waals surface area contributed by atoms with E-state index in [0.29, 0.717) is 12.3 Å². The minimum Gasteiger partial charge on any atom is -0.494 e. The van der Waals surface area contributed by atoms with Crippen LogP contribution in [-0.2, 0) is 9.59 Å². The second-order valence-corrected chi connectivity index (χ2v) is 4.96. The van der Waals surface area contributed by atoms with Crippen LogP contribution in [0.3, 0.4) is 0 Å². The van der Waals surface area contributed by atoms with Crippen molar-refractivity contribution >= 4 is 17.5 Å². The van der Waals surface area contributed by atoms with Crippen molar-refractivity contribution in [2.24, 2.45) is 0 Å². The fourth-order valence-electron chi connectivity index (χ4n) is 1.55. The van der Waals surface area contributed by atoms with Gasteiger partial charge in [0.15, 0.2) is 0 Å². The van der Waals surface area contributed by atoms with Crippen molar-refractivity contribution < 1.29 is 14.3 Å². The van der Waals surface area contributed by atoms with Crippen LogP contribution in [0.4, 0.5) is 5.69 Å². The summed E-state index contributed by atoms with van der Waals surface area (Å²) in [5.74, 6) is -0.520. The van der Waals surface area contributed by atoms with E-state index in [2.05, 4.69) is 17.6 Å². The summed E-state index contributed by atoms with van der Waals surface area (Å²) in [6, 6.07) is 6.97. The summed E-state index contributed by atoms with van der Waals surface area (Å²) in [5.41, 5.74) is 0.571. The topological polar surface area (TPSA) is 67.4 Å². The van der Waals surface area contributed by atoms with Gasteiger partial charge in [0.1, 0.15) is 5.75 Å². The molecule has 1 atom stereocenters. The maximum absolute atomic E-state index is 11.7. The molecule has 2 amide bonds. The largest absolute Gasteiger partial charge is 0.494 e. The van der Waals surface area contributed by atoms with E-state index in [0.717, 1.165) is 25.0 Å². The highest BCUT2D eigenvalue weighted by Crippen LogP contribution is 2.16. The van der Waals surface area contributed by atoms with Gasteiger partial charge < -0.3 is 15.4 Å². The molecule has 0 radical (unpaired) electrons. The number of hydrogen-bond acceptors (Lipinski definition) is 3. The van der Waals surface area contributed by atoms with E-state index in [1.54, 1.807) is 24.3 Å². The van der Waals surface area contributed by atoms with Gasteiger partial charge in [-0.3, -0.25) is 9.59 Å². The van der Waals surface area contributed by atoms with Gasteiger partial charge in [0.25, 0.3) is 0 Å². The molecule has 1 aromatic carbocycles. The number of carbonyl (C=O) groups is 2. The Morgan fingerprint density at radius 1 is 1.14 bits per heavy atom. The number of nitrogens with one attached hydrogen (secondary N) is 2. The number of carbonyl (C=O) groups excluding carboxylic acids is 2. The minimum atomic E-state index is -0.657. The highest BCUT2D eigenvalue weighted by atomic mass is 16.5. The number of unbranched alkanes of at least 4 members (excludes halogenated alkanes) is 1. The molecular formula is C16H24N2O3. The predicted molar refractivity (Wildman–Crippen MR) is 83.4 cm³/mol. The lowest BCUT2D eigenvalue weighted by Gasteiger charge is -2.11. The van der Waals surface area contributed by atoms with E-state index in [1.165, 1.54) is 0 Å². The molecule has 116 valence electrons. The zero-order chi connectivity index (χ0) is 15.7. The van der Waals surface area contributed by atoms with Gasteiger partial charge in [-0.05, 0) is 44.0 Å². The van der Waals surface area contributed by atoms with Gasteiger partial charge in [-0.2, -0.15) is 0 Å². The summed E-state index contributed by atoms with van der Waals surface area (Å²) in [6.45, 7) is 6.58. The van der Waals surface area contributed by atoms with Crippen LogP contribution >= 0.6 is 0 Å². The lowest BCUT2D eigenvalue weighted by atomic mass is 10.2. The van der Waals surface area contributed by atoms with Crippen molar-refractivity contribution in [2.75, 3.05) is 11.9 Å². The van der Waals surface area contributed by atoms with Crippen LogP contribution in [0.25, 0.3) is 0 Å². The van der Waals surface area contributed by atoms with Crippen molar-refractivity contribution in [1.29, 1.82) is 0 Å². The third-order valence-electron chi connectivity index (χ3n) is 3.07. The number of ether oxygens (including phenoxy) is 1. The Morgan fingerprint density at radius 2 is 1.81 bits per heavy atom. The second-order valence-electron chi connectivity index (χ2n) is 4.96. The Kier molecular flexibility index (Phi) is 7.29. The Hall–Kier alpha value is -2.04. The molecule has 0 bridgehead atoms. The van der Waals surface area contributed by atoms with E-state index in [-0.39, 0.29) is 6.04 Å². The van der Waals surface area contributed by atoms with Gasteiger partial charge >= 0.3 is 11.8 Å². The molecule has 5 heteroatoms. The zero-order valence-corrected chi connectivity index (χ0v) is 12.9. The van der Waals surface area contributed by atoms with Gasteiger partial charge in [-0.1, -0.05) is 20.3 Å². The third-order valence-corrected chi connectivity index (χ3v) is 3.07. The maximum atomic E-state index is 11.7. The van der Waals surface area contributed by atoms with Crippen LogP contribution in [0.5, 0.6) is 5.75 Å². The molecular weight excluding hydrogens is 268 g/mol. The van der Waals surface area contributed by atoms with E-state index in [4.69, 9.17) is 4.74 Å². The van der Waals surface area contributed by atoms with Crippen LogP contribution < -0.4 is 15.4 Å². The summed E-state index contributed by atoms with van der Waals surface area (Å²) >= 11 is 0. The van der Waals surface area contributed by atoms with E-state index >= 15 is 0 Å². The molecule has 0 saturated carbocycles. The highest BCUT2D eigenvalue weighted by molar-refractivity contribution is 6.39. The fourth-order valence-corrected chi connectivity index (χ4v) is 1.55. The molecule has 0 aliphatic rings. The van der Waals surface area contributed by atoms with Gasteiger partial charge in [-0.25, -0.2) is 0 Å². The summed E-state index contributed by atoms with van der Waals surface area (Å²) in [7, 11) is 0. The molecule has 1 aromatic rings.